The summed E-state index contributed by atoms with van der Waals surface area (Å²) >= 11 is 0. The van der Waals surface area contributed by atoms with E-state index in [0.29, 0.717) is 0 Å². The summed E-state index contributed by atoms with van der Waals surface area (Å²) in [5.41, 5.74) is 0. The summed E-state index contributed by atoms with van der Waals surface area (Å²) in [5.74, 6) is 0. The van der Waals surface area contributed by atoms with Crippen LogP contribution in [0, 0.1) is 0 Å². The van der Waals surface area contributed by atoms with Crippen molar-refractivity contribution in [3.8, 4) is 0 Å². The molecule has 8 heteroatoms. The van der Waals surface area contributed by atoms with E-state index in [9.17, 15) is 0 Å². The summed E-state index contributed by atoms with van der Waals surface area (Å²) < 4.78 is 8.48. The molecule has 0 aliphatic heterocycles. The molecule has 0 saturated heterocycles. The SMILES string of the molecule is C=CN(C=C)CCCCN(C=C)C=C.O=[P+]([O-])[O-].[Na+].[Na+]. The Morgan fingerprint density at radius 1 is 0.800 bits per heavy atom. The van der Waals surface area contributed by atoms with Crippen LogP contribution in [-0.2, 0) is 4.57 Å². The fraction of sp³-hybridized carbons (Fsp3) is 0.333. The van der Waals surface area contributed by atoms with Gasteiger partial charge in [0.1, 0.15) is 0 Å². The normalized spacial score (nSPS) is 7.50. The molecule has 0 aromatic rings. The molecule has 0 radical (unpaired) electrons. The second-order valence-electron chi connectivity index (χ2n) is 3.14. The molecule has 0 amide bonds. The molecule has 5 nitrogen and oxygen atoms in total. The van der Waals surface area contributed by atoms with Crippen LogP contribution in [0.25, 0.3) is 0 Å². The van der Waals surface area contributed by atoms with Crippen molar-refractivity contribution in [3.63, 3.8) is 0 Å². The Labute approximate surface area is 167 Å². The second kappa shape index (κ2) is 21.9. The van der Waals surface area contributed by atoms with E-state index in [4.69, 9.17) is 14.4 Å². The van der Waals surface area contributed by atoms with Crippen LogP contribution in [0.5, 0.6) is 0 Å². The molecule has 0 bridgehead atoms. The van der Waals surface area contributed by atoms with Crippen molar-refractivity contribution in [2.24, 2.45) is 0 Å². The zero-order valence-corrected chi connectivity index (χ0v) is 17.4. The predicted octanol–water partition coefficient (Wildman–Crippen LogP) is -4.68. The summed E-state index contributed by atoms with van der Waals surface area (Å²) in [6, 6.07) is 0. The van der Waals surface area contributed by atoms with Gasteiger partial charge < -0.3 is 19.6 Å². The predicted molar refractivity (Wildman–Crippen MR) is 71.0 cm³/mol. The van der Waals surface area contributed by atoms with E-state index in [2.05, 4.69) is 26.3 Å². The largest absolute Gasteiger partial charge is 1.00 e. The van der Waals surface area contributed by atoms with Crippen molar-refractivity contribution in [3.05, 3.63) is 51.1 Å². The second-order valence-corrected chi connectivity index (χ2v) is 3.58. The van der Waals surface area contributed by atoms with E-state index in [-0.39, 0.29) is 59.1 Å². The molecule has 0 aromatic heterocycles. The number of rotatable bonds is 9. The van der Waals surface area contributed by atoms with Crippen molar-refractivity contribution in [2.45, 2.75) is 12.8 Å². The summed E-state index contributed by atoms with van der Waals surface area (Å²) in [6.07, 6.45) is 9.35. The van der Waals surface area contributed by atoms with Crippen LogP contribution in [0.15, 0.2) is 51.1 Å². The van der Waals surface area contributed by atoms with Crippen LogP contribution in [0.1, 0.15) is 12.8 Å². The number of unbranched alkanes of at least 4 members (excludes halogenated alkanes) is 1. The van der Waals surface area contributed by atoms with Crippen LogP contribution >= 0.6 is 8.25 Å². The van der Waals surface area contributed by atoms with E-state index >= 15 is 0 Å². The first kappa shape index (κ1) is 28.7. The molecule has 0 N–H and O–H groups in total. The van der Waals surface area contributed by atoms with Gasteiger partial charge in [-0.1, -0.05) is 30.9 Å². The Bertz CT molecular complexity index is 250. The minimum Gasteiger partial charge on any atom is -0.598 e. The maximum Gasteiger partial charge on any atom is 1.00 e. The van der Waals surface area contributed by atoms with Gasteiger partial charge in [-0.3, -0.25) is 0 Å². The quantitative estimate of drug-likeness (QED) is 0.243. The van der Waals surface area contributed by atoms with Crippen LogP contribution in [0.4, 0.5) is 0 Å². The first-order valence-corrected chi connectivity index (χ1v) is 6.44. The Balaban J connectivity index is -0.000000188. The molecule has 0 aliphatic rings. The van der Waals surface area contributed by atoms with Gasteiger partial charge in [-0.25, -0.2) is 0 Å². The monoisotopic (exact) mass is 317 g/mol. The van der Waals surface area contributed by atoms with E-state index in [1.54, 1.807) is 24.8 Å². The molecule has 0 atom stereocenters. The molecular formula is C12H20N2Na2O3P+. The van der Waals surface area contributed by atoms with Gasteiger partial charge in [0.2, 0.25) is 0 Å². The van der Waals surface area contributed by atoms with Crippen LogP contribution < -0.4 is 68.9 Å². The van der Waals surface area contributed by atoms with Gasteiger partial charge >= 0.3 is 59.1 Å². The van der Waals surface area contributed by atoms with Gasteiger partial charge in [0.25, 0.3) is 8.25 Å². The minimum absolute atomic E-state index is 0. The fourth-order valence-corrected chi connectivity index (χ4v) is 1.10. The Morgan fingerprint density at radius 3 is 1.15 bits per heavy atom. The van der Waals surface area contributed by atoms with Crippen molar-refractivity contribution in [1.29, 1.82) is 0 Å². The van der Waals surface area contributed by atoms with E-state index < -0.39 is 8.25 Å². The summed E-state index contributed by atoms with van der Waals surface area (Å²) in [4.78, 5) is 20.9. The maximum absolute atomic E-state index is 8.48. The zero-order valence-electron chi connectivity index (χ0n) is 12.5. The number of hydrogen-bond donors (Lipinski definition) is 0. The van der Waals surface area contributed by atoms with Gasteiger partial charge in [-0.15, -0.1) is 0 Å². The standard InChI is InChI=1S/C12H20N2.2Na.HO3P/c1-5-13(6-2)11-9-10-12-14(7-3)8-4;;;1-4(2)3/h5-8H,1-4,9-12H2;;;(H,1,2,3)/q;2*+1;/p-1. The third-order valence-electron chi connectivity index (χ3n) is 2.02. The van der Waals surface area contributed by atoms with E-state index in [1.165, 1.54) is 0 Å². The van der Waals surface area contributed by atoms with Crippen LogP contribution in [-0.4, -0.2) is 22.9 Å². The minimum atomic E-state index is -3.37. The average molecular weight is 317 g/mol. The van der Waals surface area contributed by atoms with Gasteiger partial charge in [0.15, 0.2) is 0 Å². The summed E-state index contributed by atoms with van der Waals surface area (Å²) in [5, 5.41) is 0. The van der Waals surface area contributed by atoms with Gasteiger partial charge in [0.05, 0.1) is 0 Å². The zero-order chi connectivity index (χ0) is 14.4. The maximum atomic E-state index is 8.48. The topological polar surface area (TPSA) is 69.7 Å². The molecule has 102 valence electrons. The van der Waals surface area contributed by atoms with Gasteiger partial charge in [0, 0.05) is 13.1 Å². The Morgan fingerprint density at radius 2 is 1.00 bits per heavy atom. The molecule has 0 heterocycles. The third kappa shape index (κ3) is 23.7. The summed E-state index contributed by atoms with van der Waals surface area (Å²) in [7, 11) is -3.37. The van der Waals surface area contributed by atoms with Crippen LogP contribution in [0.2, 0.25) is 0 Å². The van der Waals surface area contributed by atoms with Gasteiger partial charge in [-0.2, -0.15) is 0 Å². The van der Waals surface area contributed by atoms with Crippen molar-refractivity contribution >= 4 is 8.25 Å². The molecule has 0 rings (SSSR count). The smallest absolute Gasteiger partial charge is 0.598 e. The molecule has 0 spiro atoms. The average Bonchev–Trinajstić information content (AvgIpc) is 2.33. The van der Waals surface area contributed by atoms with E-state index in [0.717, 1.165) is 25.9 Å². The fourth-order valence-electron chi connectivity index (χ4n) is 1.10. The molecular weight excluding hydrogens is 297 g/mol. The number of nitrogens with zero attached hydrogens (tertiary/aromatic N) is 2. The molecule has 0 aliphatic carbocycles. The van der Waals surface area contributed by atoms with Crippen molar-refractivity contribution in [2.75, 3.05) is 13.1 Å². The van der Waals surface area contributed by atoms with Crippen LogP contribution in [0.3, 0.4) is 0 Å². The first-order valence-electron chi connectivity index (χ1n) is 5.35. The van der Waals surface area contributed by atoms with Crippen molar-refractivity contribution < 1.29 is 73.5 Å². The van der Waals surface area contributed by atoms with E-state index in [1.807, 2.05) is 9.80 Å². The summed E-state index contributed by atoms with van der Waals surface area (Å²) in [6.45, 7) is 16.7. The third-order valence-corrected chi connectivity index (χ3v) is 2.02. The first-order chi connectivity index (χ1) is 8.51. The Hall–Kier alpha value is 0.580. The van der Waals surface area contributed by atoms with Gasteiger partial charge in [-0.05, 0) is 37.6 Å². The molecule has 0 aromatic carbocycles. The Kier molecular flexibility index (Phi) is 31.4. The molecule has 0 unspecified atom stereocenters. The molecule has 0 fully saturated rings. The molecule has 0 saturated carbocycles. The van der Waals surface area contributed by atoms with Crippen molar-refractivity contribution in [1.82, 2.24) is 9.80 Å². The number of hydrogen-bond acceptors (Lipinski definition) is 5. The molecule has 20 heavy (non-hydrogen) atoms.